The Morgan fingerprint density at radius 3 is 2.75 bits per heavy atom. The zero-order chi connectivity index (χ0) is 15.0. The lowest BCUT2D eigenvalue weighted by Crippen LogP contribution is -2.34. The Bertz CT molecular complexity index is 560. The fourth-order valence-electron chi connectivity index (χ4n) is 2.31. The van der Waals surface area contributed by atoms with Crippen molar-refractivity contribution in [2.45, 2.75) is 44.4 Å². The highest BCUT2D eigenvalue weighted by Gasteiger charge is 2.32. The van der Waals surface area contributed by atoms with E-state index in [0.29, 0.717) is 13.0 Å². The van der Waals surface area contributed by atoms with Crippen LogP contribution in [-0.2, 0) is 22.0 Å². The summed E-state index contributed by atoms with van der Waals surface area (Å²) < 4.78 is 26.0. The highest BCUT2D eigenvalue weighted by Crippen LogP contribution is 2.28. The quantitative estimate of drug-likeness (QED) is 0.915. The van der Waals surface area contributed by atoms with Crippen molar-refractivity contribution in [3.05, 3.63) is 16.1 Å². The van der Waals surface area contributed by atoms with Gasteiger partial charge in [0.05, 0.1) is 10.3 Å². The molecule has 1 aromatic rings. The van der Waals surface area contributed by atoms with Crippen molar-refractivity contribution in [1.82, 2.24) is 14.6 Å². The first-order valence-corrected chi connectivity index (χ1v) is 9.18. The highest BCUT2D eigenvalue weighted by atomic mass is 32.2. The van der Waals surface area contributed by atoms with E-state index in [2.05, 4.69) is 35.4 Å². The third-order valence-corrected chi connectivity index (χ3v) is 6.77. The molecule has 1 atom stereocenters. The lowest BCUT2D eigenvalue weighted by Gasteiger charge is -2.15. The van der Waals surface area contributed by atoms with Crippen molar-refractivity contribution >= 4 is 21.4 Å². The van der Waals surface area contributed by atoms with Crippen LogP contribution in [-0.4, -0.2) is 43.7 Å². The van der Waals surface area contributed by atoms with Crippen molar-refractivity contribution in [3.8, 4) is 0 Å². The summed E-state index contributed by atoms with van der Waals surface area (Å²) in [6, 6.07) is 0. The van der Waals surface area contributed by atoms with Crippen LogP contribution in [0.5, 0.6) is 0 Å². The topological polar surface area (TPSA) is 62.3 Å². The predicted octanol–water partition coefficient (Wildman–Crippen LogP) is 1.56. The Labute approximate surface area is 125 Å². The minimum Gasteiger partial charge on any atom is -0.297 e. The fourth-order valence-corrected chi connectivity index (χ4v) is 4.48. The Balaban J connectivity index is 1.98. The molecule has 7 heteroatoms. The van der Waals surface area contributed by atoms with Crippen LogP contribution < -0.4 is 4.72 Å². The van der Waals surface area contributed by atoms with Gasteiger partial charge in [0.25, 0.3) is 0 Å². The van der Waals surface area contributed by atoms with Gasteiger partial charge >= 0.3 is 0 Å². The van der Waals surface area contributed by atoms with Crippen molar-refractivity contribution in [1.29, 1.82) is 0 Å². The minimum atomic E-state index is -3.15. The summed E-state index contributed by atoms with van der Waals surface area (Å²) in [5, 5.41) is 0.841. The number of nitrogens with zero attached hydrogens (tertiary/aromatic N) is 2. The van der Waals surface area contributed by atoms with E-state index in [1.807, 2.05) is 6.20 Å². The van der Waals surface area contributed by atoms with Crippen molar-refractivity contribution in [2.75, 3.05) is 20.1 Å². The fraction of sp³-hybridized carbons (Fsp3) is 0.769. The molecular weight excluding hydrogens is 294 g/mol. The van der Waals surface area contributed by atoms with Crippen molar-refractivity contribution < 1.29 is 8.42 Å². The number of thiazole rings is 1. The van der Waals surface area contributed by atoms with Gasteiger partial charge in [0.1, 0.15) is 0 Å². The molecule has 0 saturated carbocycles. The van der Waals surface area contributed by atoms with E-state index in [9.17, 15) is 8.42 Å². The molecule has 1 aliphatic heterocycles. The van der Waals surface area contributed by atoms with Crippen LogP contribution in [0.3, 0.4) is 0 Å². The van der Waals surface area contributed by atoms with Crippen LogP contribution >= 0.6 is 11.3 Å². The van der Waals surface area contributed by atoms with Gasteiger partial charge in [-0.3, -0.25) is 4.90 Å². The highest BCUT2D eigenvalue weighted by molar-refractivity contribution is 7.90. The van der Waals surface area contributed by atoms with E-state index in [1.54, 1.807) is 11.3 Å². The van der Waals surface area contributed by atoms with Gasteiger partial charge in [-0.15, -0.1) is 11.3 Å². The van der Waals surface area contributed by atoms with Gasteiger partial charge in [0, 0.05) is 29.6 Å². The summed E-state index contributed by atoms with van der Waals surface area (Å²) >= 11 is 1.72. The lowest BCUT2D eigenvalue weighted by molar-refractivity contribution is 0.334. The van der Waals surface area contributed by atoms with Crippen LogP contribution in [0.2, 0.25) is 0 Å². The molecule has 1 N–H and O–H groups in total. The summed E-state index contributed by atoms with van der Waals surface area (Å²) in [5.41, 5.74) is 0.0753. The number of nitrogens with one attached hydrogen (secondary N) is 1. The Morgan fingerprint density at radius 1 is 1.50 bits per heavy atom. The molecule has 1 aliphatic rings. The van der Waals surface area contributed by atoms with Gasteiger partial charge in [-0.05, 0) is 20.0 Å². The average Bonchev–Trinajstić information content (AvgIpc) is 2.98. The molecule has 114 valence electrons. The number of aromatic nitrogens is 1. The number of rotatable bonds is 4. The predicted molar refractivity (Wildman–Crippen MR) is 82.5 cm³/mol. The molecule has 1 aromatic heterocycles. The molecule has 0 aromatic carbocycles. The van der Waals surface area contributed by atoms with E-state index in [4.69, 9.17) is 0 Å². The molecule has 1 saturated heterocycles. The summed E-state index contributed by atoms with van der Waals surface area (Å²) in [6.45, 7) is 8.69. The first kappa shape index (κ1) is 15.9. The molecule has 2 heterocycles. The normalized spacial score (nSPS) is 21.5. The summed E-state index contributed by atoms with van der Waals surface area (Å²) in [7, 11) is -1.66. The van der Waals surface area contributed by atoms with Gasteiger partial charge < -0.3 is 0 Å². The van der Waals surface area contributed by atoms with Crippen LogP contribution in [0.1, 0.15) is 37.1 Å². The van der Waals surface area contributed by atoms with E-state index in [-0.39, 0.29) is 10.7 Å². The molecule has 20 heavy (non-hydrogen) atoms. The van der Waals surface area contributed by atoms with Gasteiger partial charge in [-0.25, -0.2) is 18.1 Å². The second kappa shape index (κ2) is 5.71. The van der Waals surface area contributed by atoms with Crippen LogP contribution in [0.15, 0.2) is 6.20 Å². The SMILES string of the molecule is CNS(=O)(=O)C1CCN(Cc2cnc(C(C)(C)C)s2)C1. The monoisotopic (exact) mass is 317 g/mol. The first-order valence-electron chi connectivity index (χ1n) is 6.82. The molecule has 0 aliphatic carbocycles. The van der Waals surface area contributed by atoms with Crippen LogP contribution in [0.4, 0.5) is 0 Å². The number of sulfonamides is 1. The maximum Gasteiger partial charge on any atom is 0.215 e. The summed E-state index contributed by atoms with van der Waals surface area (Å²) in [4.78, 5) is 7.87. The molecule has 2 rings (SSSR count). The zero-order valence-corrected chi connectivity index (χ0v) is 14.1. The smallest absolute Gasteiger partial charge is 0.215 e. The van der Waals surface area contributed by atoms with E-state index >= 15 is 0 Å². The summed E-state index contributed by atoms with van der Waals surface area (Å²) in [6.07, 6.45) is 2.62. The van der Waals surface area contributed by atoms with Crippen molar-refractivity contribution in [2.24, 2.45) is 0 Å². The largest absolute Gasteiger partial charge is 0.297 e. The molecule has 1 unspecified atom stereocenters. The number of hydrogen-bond acceptors (Lipinski definition) is 5. The minimum absolute atomic E-state index is 0.0753. The molecular formula is C13H23N3O2S2. The third kappa shape index (κ3) is 3.58. The van der Waals surface area contributed by atoms with Gasteiger partial charge in [-0.2, -0.15) is 0 Å². The maximum absolute atomic E-state index is 11.8. The Hall–Kier alpha value is -0.500. The molecule has 1 fully saturated rings. The molecule has 5 nitrogen and oxygen atoms in total. The van der Waals surface area contributed by atoms with Crippen molar-refractivity contribution in [3.63, 3.8) is 0 Å². The van der Waals surface area contributed by atoms with E-state index < -0.39 is 10.0 Å². The van der Waals surface area contributed by atoms with E-state index in [0.717, 1.165) is 18.1 Å². The van der Waals surface area contributed by atoms with Gasteiger partial charge in [-0.1, -0.05) is 20.8 Å². The standard InChI is InChI=1S/C13H23N3O2S2/c1-13(2,3)12-15-7-10(19-12)8-16-6-5-11(9-16)20(17,18)14-4/h7,11,14H,5-6,8-9H2,1-4H3. The van der Waals surface area contributed by atoms with Gasteiger partial charge in [0.2, 0.25) is 10.0 Å². The van der Waals surface area contributed by atoms with Crippen LogP contribution in [0, 0.1) is 0 Å². The summed E-state index contributed by atoms with van der Waals surface area (Å²) in [5.74, 6) is 0. The lowest BCUT2D eigenvalue weighted by atomic mass is 9.98. The molecule has 0 spiro atoms. The molecule has 0 amide bonds. The zero-order valence-electron chi connectivity index (χ0n) is 12.5. The Morgan fingerprint density at radius 2 is 2.20 bits per heavy atom. The van der Waals surface area contributed by atoms with Crippen LogP contribution in [0.25, 0.3) is 0 Å². The van der Waals surface area contributed by atoms with Gasteiger partial charge in [0.15, 0.2) is 0 Å². The molecule has 0 bridgehead atoms. The number of likely N-dealkylation sites (tertiary alicyclic amines) is 1. The number of hydrogen-bond donors (Lipinski definition) is 1. The average molecular weight is 317 g/mol. The second-order valence-corrected chi connectivity index (χ2v) is 9.56. The van der Waals surface area contributed by atoms with E-state index in [1.165, 1.54) is 11.9 Å². The first-order chi connectivity index (χ1) is 9.22. The third-order valence-electron chi connectivity index (χ3n) is 3.53. The Kier molecular flexibility index (Phi) is 4.53. The maximum atomic E-state index is 11.8. The molecule has 0 radical (unpaired) electrons. The second-order valence-electron chi connectivity index (χ2n) is 6.28.